The van der Waals surface area contributed by atoms with Gasteiger partial charge < -0.3 is 52.4 Å². The van der Waals surface area contributed by atoms with Crippen LogP contribution in [0, 0.1) is 0 Å². The van der Waals surface area contributed by atoms with Crippen LogP contribution in [0.25, 0.3) is 0 Å². The summed E-state index contributed by atoms with van der Waals surface area (Å²) in [6, 6.07) is 1.48. The van der Waals surface area contributed by atoms with Gasteiger partial charge in [-0.25, -0.2) is 0 Å². The largest absolute Gasteiger partial charge is 1.00 e. The molecule has 0 N–H and O–H groups in total. The summed E-state index contributed by atoms with van der Waals surface area (Å²) in [7, 11) is 3.04. The third-order valence-corrected chi connectivity index (χ3v) is 4.91. The zero-order valence-electron chi connectivity index (χ0n) is 12.6. The number of unbranched alkanes of at least 4 members (excludes halogenated alkanes) is 1. The Morgan fingerprint density at radius 2 is 1.29 bits per heavy atom. The Morgan fingerprint density at radius 1 is 0.882 bits per heavy atom. The Morgan fingerprint density at radius 3 is 1.59 bits per heavy atom. The summed E-state index contributed by atoms with van der Waals surface area (Å²) in [6.07, 6.45) is 7.49. The third-order valence-electron chi connectivity index (χ3n) is 3.80. The van der Waals surface area contributed by atoms with Gasteiger partial charge in [0.15, 0.2) is 0 Å². The number of nitrogens with zero attached hydrogens (tertiary/aromatic N) is 1. The molecule has 0 aliphatic carbocycles. The van der Waals surface area contributed by atoms with Crippen LogP contribution in [0.5, 0.6) is 0 Å². The average Bonchev–Trinajstić information content (AvgIpc) is 2.10. The van der Waals surface area contributed by atoms with Crippen LogP contribution in [0.3, 0.4) is 0 Å². The Kier molecular flexibility index (Phi) is 16.2. The molecular formula is C13H31I2NS. The first-order valence-electron chi connectivity index (χ1n) is 6.19. The summed E-state index contributed by atoms with van der Waals surface area (Å²) in [5.41, 5.74) is 0. The molecule has 0 spiro atoms. The number of rotatable bonds is 7. The van der Waals surface area contributed by atoms with Crippen molar-refractivity contribution in [1.29, 1.82) is 0 Å². The van der Waals surface area contributed by atoms with Crippen LogP contribution >= 0.6 is 0 Å². The molecule has 17 heavy (non-hydrogen) atoms. The van der Waals surface area contributed by atoms with E-state index in [0.717, 1.165) is 12.1 Å². The molecule has 0 radical (unpaired) electrons. The second-order valence-corrected chi connectivity index (χ2v) is 8.03. The summed E-state index contributed by atoms with van der Waals surface area (Å²) in [5.74, 6) is 1.41. The quantitative estimate of drug-likeness (QED) is 0.155. The minimum Gasteiger partial charge on any atom is -1.00 e. The molecule has 0 aromatic rings. The van der Waals surface area contributed by atoms with Crippen molar-refractivity contribution < 1.29 is 52.4 Å². The highest BCUT2D eigenvalue weighted by Crippen LogP contribution is 2.17. The van der Waals surface area contributed by atoms with E-state index < -0.39 is 0 Å². The van der Waals surface area contributed by atoms with Crippen molar-refractivity contribution in [2.45, 2.75) is 52.6 Å². The van der Waals surface area contributed by atoms with Crippen molar-refractivity contribution in [3.05, 3.63) is 0 Å². The number of hydrogen-bond acceptors (Lipinski definition) is 0. The van der Waals surface area contributed by atoms with Gasteiger partial charge in [0.2, 0.25) is 0 Å². The lowest BCUT2D eigenvalue weighted by Gasteiger charge is -2.42. The predicted octanol–water partition coefficient (Wildman–Crippen LogP) is -3.08. The van der Waals surface area contributed by atoms with Gasteiger partial charge in [-0.15, -0.1) is 0 Å². The van der Waals surface area contributed by atoms with Crippen molar-refractivity contribution >= 4 is 10.9 Å². The molecule has 108 valence electrons. The summed E-state index contributed by atoms with van der Waals surface area (Å²) < 4.78 is 1.22. The van der Waals surface area contributed by atoms with Crippen LogP contribution in [0.1, 0.15) is 40.5 Å². The zero-order chi connectivity index (χ0) is 12.1. The molecule has 0 amide bonds. The SMILES string of the molecule is CC(C)[N+](C)(CCCC[S+](C)C)C(C)C.[I-].[I-]. The maximum Gasteiger partial charge on any atom is 0.107 e. The molecule has 0 aromatic heterocycles. The van der Waals surface area contributed by atoms with Crippen LogP contribution in [0.4, 0.5) is 0 Å². The van der Waals surface area contributed by atoms with E-state index in [-0.39, 0.29) is 48.0 Å². The van der Waals surface area contributed by atoms with Crippen molar-refractivity contribution in [2.75, 3.05) is 31.9 Å². The van der Waals surface area contributed by atoms with Crippen LogP contribution < -0.4 is 48.0 Å². The lowest BCUT2D eigenvalue weighted by molar-refractivity contribution is -0.949. The predicted molar refractivity (Wildman–Crippen MR) is 74.6 cm³/mol. The summed E-state index contributed by atoms with van der Waals surface area (Å²) >= 11 is 0. The van der Waals surface area contributed by atoms with Gasteiger partial charge in [0.25, 0.3) is 0 Å². The number of quaternary nitrogens is 1. The molecule has 0 aromatic carbocycles. The Labute approximate surface area is 146 Å². The average molecular weight is 487 g/mol. The van der Waals surface area contributed by atoms with E-state index in [2.05, 4.69) is 47.3 Å². The Bertz CT molecular complexity index is 165. The van der Waals surface area contributed by atoms with Gasteiger partial charge in [0.1, 0.15) is 5.75 Å². The van der Waals surface area contributed by atoms with Crippen LogP contribution in [0.15, 0.2) is 0 Å². The van der Waals surface area contributed by atoms with Crippen molar-refractivity contribution in [2.24, 2.45) is 0 Å². The van der Waals surface area contributed by atoms with E-state index in [1.807, 2.05) is 0 Å². The summed E-state index contributed by atoms with van der Waals surface area (Å²) in [6.45, 7) is 10.7. The molecule has 0 rings (SSSR count). The van der Waals surface area contributed by atoms with Crippen LogP contribution in [-0.2, 0) is 10.9 Å². The van der Waals surface area contributed by atoms with E-state index in [0.29, 0.717) is 10.9 Å². The standard InChI is InChI=1S/C13H31NS.2HI/c1-12(2)14(5,13(3)4)10-8-9-11-15(6)7;;/h12-13H,8-11H2,1-7H3;2*1H/q+2;;/p-2. The fourth-order valence-corrected chi connectivity index (χ4v) is 2.74. The van der Waals surface area contributed by atoms with Gasteiger partial charge in [-0.05, 0) is 45.0 Å². The maximum absolute atomic E-state index is 2.41. The second kappa shape index (κ2) is 11.6. The minimum absolute atomic E-state index is 0. The molecule has 0 aliphatic heterocycles. The molecule has 0 fully saturated rings. The first-order chi connectivity index (χ1) is 6.80. The van der Waals surface area contributed by atoms with E-state index in [1.54, 1.807) is 0 Å². The van der Waals surface area contributed by atoms with Gasteiger partial charge in [-0.3, -0.25) is 0 Å². The fraction of sp³-hybridized carbons (Fsp3) is 1.00. The van der Waals surface area contributed by atoms with Crippen LogP contribution in [0.2, 0.25) is 0 Å². The lowest BCUT2D eigenvalue weighted by atomic mass is 10.1. The third kappa shape index (κ3) is 9.32. The summed E-state index contributed by atoms with van der Waals surface area (Å²) in [4.78, 5) is 0. The topological polar surface area (TPSA) is 0 Å². The van der Waals surface area contributed by atoms with Crippen molar-refractivity contribution in [1.82, 2.24) is 0 Å². The van der Waals surface area contributed by atoms with Gasteiger partial charge >= 0.3 is 0 Å². The molecule has 0 unspecified atom stereocenters. The molecular weight excluding hydrogens is 456 g/mol. The zero-order valence-corrected chi connectivity index (χ0v) is 17.7. The molecule has 4 heteroatoms. The monoisotopic (exact) mass is 487 g/mol. The highest BCUT2D eigenvalue weighted by atomic mass is 127. The first-order valence-corrected chi connectivity index (χ1v) is 8.40. The molecule has 0 saturated carbocycles. The highest BCUT2D eigenvalue weighted by molar-refractivity contribution is 7.95. The highest BCUT2D eigenvalue weighted by Gasteiger charge is 2.28. The fourth-order valence-electron chi connectivity index (χ4n) is 1.96. The molecule has 0 aliphatic rings. The number of hydrogen-bond donors (Lipinski definition) is 0. The Hall–Kier alpha value is 1.77. The molecule has 0 atom stereocenters. The smallest absolute Gasteiger partial charge is 0.107 e. The van der Waals surface area contributed by atoms with Crippen LogP contribution in [-0.4, -0.2) is 48.4 Å². The molecule has 1 nitrogen and oxygen atoms in total. The van der Waals surface area contributed by atoms with Gasteiger partial charge in [0, 0.05) is 6.42 Å². The number of halogens is 2. The van der Waals surface area contributed by atoms with E-state index in [9.17, 15) is 0 Å². The maximum atomic E-state index is 2.41. The molecule has 0 heterocycles. The molecule has 0 saturated heterocycles. The summed E-state index contributed by atoms with van der Waals surface area (Å²) in [5, 5.41) is 0. The van der Waals surface area contributed by atoms with E-state index >= 15 is 0 Å². The Balaban J connectivity index is -0.000000980. The van der Waals surface area contributed by atoms with Crippen molar-refractivity contribution in [3.63, 3.8) is 0 Å². The van der Waals surface area contributed by atoms with Gasteiger partial charge in [-0.1, -0.05) is 0 Å². The van der Waals surface area contributed by atoms with E-state index in [4.69, 9.17) is 0 Å². The normalized spacial score (nSPS) is 11.6. The first kappa shape index (κ1) is 23.8. The van der Waals surface area contributed by atoms with Crippen molar-refractivity contribution in [3.8, 4) is 0 Å². The van der Waals surface area contributed by atoms with Gasteiger partial charge in [-0.2, -0.15) is 0 Å². The molecule has 0 bridgehead atoms. The minimum atomic E-state index is 0. The second-order valence-electron chi connectivity index (χ2n) is 5.65. The lowest BCUT2D eigenvalue weighted by Crippen LogP contribution is -3.00. The van der Waals surface area contributed by atoms with Gasteiger partial charge in [0.05, 0.1) is 38.2 Å². The van der Waals surface area contributed by atoms with E-state index in [1.165, 1.54) is 29.6 Å².